The van der Waals surface area contributed by atoms with E-state index < -0.39 is 5.41 Å². The largest absolute Gasteiger partial charge is 0.285 e. The van der Waals surface area contributed by atoms with Crippen molar-refractivity contribution in [1.82, 2.24) is 9.97 Å². The maximum Gasteiger partial charge on any atom is 0.151 e. The zero-order chi connectivity index (χ0) is 15.6. The van der Waals surface area contributed by atoms with E-state index in [1.165, 1.54) is 18.5 Å². The Morgan fingerprint density at radius 1 is 1.17 bits per heavy atom. The molecule has 5 heteroatoms. The van der Waals surface area contributed by atoms with E-state index in [0.29, 0.717) is 27.8 Å². The van der Waals surface area contributed by atoms with Crippen molar-refractivity contribution in [3.8, 4) is 11.3 Å². The fourth-order valence-electron chi connectivity index (χ4n) is 3.43. The number of rotatable bonds is 0. The zero-order valence-electron chi connectivity index (χ0n) is 12.8. The molecule has 0 aliphatic heterocycles. The molecule has 4 rings (SSSR count). The van der Waals surface area contributed by atoms with Crippen LogP contribution in [0.3, 0.4) is 0 Å². The van der Waals surface area contributed by atoms with E-state index in [9.17, 15) is 8.78 Å². The van der Waals surface area contributed by atoms with Crippen LogP contribution in [-0.2, 0) is 25.5 Å². The summed E-state index contributed by atoms with van der Waals surface area (Å²) in [6.07, 6.45) is 1.32. The first-order valence-electron chi connectivity index (χ1n) is 7.08. The van der Waals surface area contributed by atoms with Crippen molar-refractivity contribution in [3.63, 3.8) is 0 Å². The van der Waals surface area contributed by atoms with Crippen LogP contribution in [-0.4, -0.2) is 9.97 Å². The van der Waals surface area contributed by atoms with Crippen molar-refractivity contribution in [3.05, 3.63) is 58.9 Å². The normalized spacial score (nSPS) is 14.3. The molecular formula is C18H13F2IrN2-. The summed E-state index contributed by atoms with van der Waals surface area (Å²) in [5, 5.41) is 0.657. The summed E-state index contributed by atoms with van der Waals surface area (Å²) in [4.78, 5) is 8.39. The predicted octanol–water partition coefficient (Wildman–Crippen LogP) is 4.32. The van der Waals surface area contributed by atoms with Gasteiger partial charge in [-0.1, -0.05) is 25.5 Å². The molecule has 0 spiro atoms. The molecule has 0 bridgehead atoms. The van der Waals surface area contributed by atoms with Crippen molar-refractivity contribution in [2.45, 2.75) is 26.2 Å². The van der Waals surface area contributed by atoms with Gasteiger partial charge in [-0.05, 0) is 34.5 Å². The van der Waals surface area contributed by atoms with Gasteiger partial charge >= 0.3 is 0 Å². The molecule has 3 aromatic rings. The van der Waals surface area contributed by atoms with E-state index in [1.807, 2.05) is 13.8 Å². The first-order valence-corrected chi connectivity index (χ1v) is 7.08. The van der Waals surface area contributed by atoms with E-state index in [2.05, 4.69) is 16.0 Å². The van der Waals surface area contributed by atoms with Crippen molar-refractivity contribution in [1.29, 1.82) is 0 Å². The Bertz CT molecular complexity index is 951. The summed E-state index contributed by atoms with van der Waals surface area (Å²) in [5.74, 6) is -0.642. The number of hydrogen-bond donors (Lipinski definition) is 0. The third-order valence-electron chi connectivity index (χ3n) is 4.51. The predicted molar refractivity (Wildman–Crippen MR) is 80.6 cm³/mol. The van der Waals surface area contributed by atoms with Gasteiger partial charge in [-0.2, -0.15) is 0 Å². The molecule has 23 heavy (non-hydrogen) atoms. The molecule has 2 nitrogen and oxygen atoms in total. The second-order valence-electron chi connectivity index (χ2n) is 6.20. The van der Waals surface area contributed by atoms with Crippen LogP contribution in [0.5, 0.6) is 0 Å². The molecule has 1 aliphatic carbocycles. The minimum absolute atomic E-state index is 0. The van der Waals surface area contributed by atoms with Crippen LogP contribution in [0.25, 0.3) is 22.2 Å². The number of benzene rings is 2. The zero-order valence-corrected chi connectivity index (χ0v) is 15.2. The summed E-state index contributed by atoms with van der Waals surface area (Å²) < 4.78 is 28.9. The molecule has 1 radical (unpaired) electrons. The SMILES string of the molecule is Cc1cc2c3c(ncnc3c1F)-c1[c-]ccc(F)c1C2(C)C.[Ir]. The van der Waals surface area contributed by atoms with E-state index in [1.54, 1.807) is 13.0 Å². The van der Waals surface area contributed by atoms with Crippen molar-refractivity contribution in [2.75, 3.05) is 0 Å². The van der Waals surface area contributed by atoms with Crippen LogP contribution >= 0.6 is 0 Å². The topological polar surface area (TPSA) is 25.8 Å². The van der Waals surface area contributed by atoms with Crippen molar-refractivity contribution in [2.24, 2.45) is 0 Å². The molecule has 0 atom stereocenters. The smallest absolute Gasteiger partial charge is 0.151 e. The van der Waals surface area contributed by atoms with Gasteiger partial charge in [0.2, 0.25) is 0 Å². The molecule has 2 aromatic carbocycles. The first kappa shape index (κ1) is 16.2. The Kier molecular flexibility index (Phi) is 3.62. The molecule has 0 fully saturated rings. The Labute approximate surface area is 146 Å². The van der Waals surface area contributed by atoms with Gasteiger partial charge in [0, 0.05) is 25.9 Å². The molecule has 0 saturated heterocycles. The van der Waals surface area contributed by atoms with Gasteiger partial charge in [0.15, 0.2) is 5.82 Å². The van der Waals surface area contributed by atoms with Crippen LogP contribution in [0.1, 0.15) is 30.5 Å². The summed E-state index contributed by atoms with van der Waals surface area (Å²) in [6.45, 7) is 5.57. The fraction of sp³-hybridized carbons (Fsp3) is 0.222. The van der Waals surface area contributed by atoms with Crippen LogP contribution < -0.4 is 0 Å². The Morgan fingerprint density at radius 3 is 2.65 bits per heavy atom. The number of aromatic nitrogens is 2. The Morgan fingerprint density at radius 2 is 1.91 bits per heavy atom. The minimum Gasteiger partial charge on any atom is -0.285 e. The monoisotopic (exact) mass is 488 g/mol. The van der Waals surface area contributed by atoms with Crippen molar-refractivity contribution >= 4 is 10.9 Å². The molecule has 0 saturated carbocycles. The maximum atomic E-state index is 14.5. The van der Waals surface area contributed by atoms with Crippen LogP contribution in [0, 0.1) is 24.6 Å². The maximum absolute atomic E-state index is 14.5. The molecule has 1 aromatic heterocycles. The van der Waals surface area contributed by atoms with Gasteiger partial charge in [-0.15, -0.1) is 23.8 Å². The van der Waals surface area contributed by atoms with E-state index in [-0.39, 0.29) is 37.3 Å². The second-order valence-corrected chi connectivity index (χ2v) is 6.20. The van der Waals surface area contributed by atoms with Gasteiger partial charge in [0.05, 0.1) is 0 Å². The number of nitrogens with zero attached hydrogens (tertiary/aromatic N) is 2. The number of hydrogen-bond acceptors (Lipinski definition) is 2. The summed E-state index contributed by atoms with van der Waals surface area (Å²) >= 11 is 0. The average Bonchev–Trinajstić information content (AvgIpc) is 2.48. The quantitative estimate of drug-likeness (QED) is 0.442. The van der Waals surface area contributed by atoms with Crippen LogP contribution in [0.4, 0.5) is 8.78 Å². The number of halogens is 2. The van der Waals surface area contributed by atoms with E-state index >= 15 is 0 Å². The van der Waals surface area contributed by atoms with Gasteiger partial charge in [-0.25, -0.2) is 13.8 Å². The average molecular weight is 488 g/mol. The Hall–Kier alpha value is -1.71. The summed E-state index contributed by atoms with van der Waals surface area (Å²) in [7, 11) is 0. The van der Waals surface area contributed by atoms with Crippen LogP contribution in [0.15, 0.2) is 24.5 Å². The number of aryl methyl sites for hydroxylation is 1. The molecular weight excluding hydrogens is 474 g/mol. The molecule has 1 heterocycles. The third kappa shape index (κ3) is 2.00. The van der Waals surface area contributed by atoms with E-state index in [0.717, 1.165) is 5.56 Å². The first-order chi connectivity index (χ1) is 10.4. The van der Waals surface area contributed by atoms with Gasteiger partial charge in [-0.3, -0.25) is 4.98 Å². The molecule has 0 unspecified atom stereocenters. The Balaban J connectivity index is 0.00000156. The molecule has 1 aliphatic rings. The summed E-state index contributed by atoms with van der Waals surface area (Å²) in [6, 6.07) is 7.78. The molecule has 0 N–H and O–H groups in total. The fourth-order valence-corrected chi connectivity index (χ4v) is 3.43. The standard InChI is InChI=1S/C18H13F2N2.Ir/c1-9-7-11-13-16(21-8-22-17(13)15(9)20)10-5-4-6-12(19)14(10)18(11,2)3;/h4,6-8H,1-3H3;/q-1;. The van der Waals surface area contributed by atoms with Gasteiger partial charge in [0.25, 0.3) is 0 Å². The summed E-state index contributed by atoms with van der Waals surface area (Å²) in [5.41, 5.74) is 2.73. The third-order valence-corrected chi connectivity index (χ3v) is 4.51. The van der Waals surface area contributed by atoms with Gasteiger partial charge in [0.1, 0.15) is 11.8 Å². The van der Waals surface area contributed by atoms with E-state index in [4.69, 9.17) is 0 Å². The van der Waals surface area contributed by atoms with Crippen LogP contribution in [0.2, 0.25) is 0 Å². The minimum atomic E-state index is -0.606. The second kappa shape index (κ2) is 5.15. The molecule has 119 valence electrons. The van der Waals surface area contributed by atoms with Gasteiger partial charge < -0.3 is 0 Å². The molecule has 0 amide bonds. The van der Waals surface area contributed by atoms with Crippen molar-refractivity contribution < 1.29 is 28.9 Å². The number of fused-ring (bicyclic) bond motifs is 2.